The summed E-state index contributed by atoms with van der Waals surface area (Å²) >= 11 is 5.77. The van der Waals surface area contributed by atoms with Crippen LogP contribution in [0.2, 0.25) is 5.02 Å². The van der Waals surface area contributed by atoms with Crippen LogP contribution < -0.4 is 45.8 Å². The molecule has 8 nitrogen and oxygen atoms in total. The molecule has 4 N–H and O–H groups in total. The second-order valence-electron chi connectivity index (χ2n) is 7.57. The first-order valence-electron chi connectivity index (χ1n) is 9.91. The van der Waals surface area contributed by atoms with E-state index < -0.39 is 47.4 Å². The number of carboxylic acids is 1. The molecule has 0 fully saturated rings. The monoisotopic (exact) mass is 515 g/mol. The fourth-order valence-corrected chi connectivity index (χ4v) is 3.56. The quantitative estimate of drug-likeness (QED) is 0.292. The average Bonchev–Trinajstić information content (AvgIpc) is 2.77. The summed E-state index contributed by atoms with van der Waals surface area (Å²) in [6.07, 6.45) is 0.849. The molecule has 0 saturated heterocycles. The second kappa shape index (κ2) is 11.7. The third kappa shape index (κ3) is 6.61. The zero-order valence-electron chi connectivity index (χ0n) is 20.0. The van der Waals surface area contributed by atoms with E-state index in [1.807, 2.05) is 0 Å². The summed E-state index contributed by atoms with van der Waals surface area (Å²) in [6.45, 7) is 1.54. The van der Waals surface area contributed by atoms with Gasteiger partial charge in [0.25, 0.3) is 5.56 Å². The first-order valence-corrected chi connectivity index (χ1v) is 10.3. The van der Waals surface area contributed by atoms with Crippen molar-refractivity contribution in [1.29, 1.82) is 0 Å². The van der Waals surface area contributed by atoms with Crippen LogP contribution in [-0.2, 0) is 11.8 Å². The zero-order valence-corrected chi connectivity index (χ0v) is 21.8. The fraction of sp³-hybridized carbons (Fsp3) is 0.174. The van der Waals surface area contributed by atoms with Crippen LogP contribution in [0.5, 0.6) is 5.75 Å². The van der Waals surface area contributed by atoms with Crippen molar-refractivity contribution in [3.05, 3.63) is 80.7 Å². The molecular formula is C23H21ClF2N3NaO5. The molecule has 0 saturated carbocycles. The average molecular weight is 516 g/mol. The number of carbonyl (C=O) groups is 2. The first-order chi connectivity index (χ1) is 16.0. The molecule has 0 spiro atoms. The Kier molecular flexibility index (Phi) is 9.45. The standard InChI is InChI=1S/C23H20ClF2N3O5.Na.H/c1-11-10-29(2)22(33)20(21(11)32)28-23(34)27-18(9-19(30)31)13-5-3-4-12(6-13)14-7-15(24)17(26)8-16(14)25;;/h3-8,10,18,32H,9H2,1-2H3,(H,30,31)(H2,27,28,34);;/q;+1;-1. The number of halogens is 3. The number of rotatable bonds is 6. The summed E-state index contributed by atoms with van der Waals surface area (Å²) in [7, 11) is 1.44. The number of aryl methyl sites for hydroxylation is 2. The number of nitrogens with one attached hydrogen (secondary N) is 2. The van der Waals surface area contributed by atoms with Crippen LogP contribution in [0.25, 0.3) is 11.1 Å². The Morgan fingerprint density at radius 1 is 1.20 bits per heavy atom. The van der Waals surface area contributed by atoms with Crippen LogP contribution in [-0.4, -0.2) is 26.8 Å². The Labute approximate surface area is 227 Å². The molecule has 180 valence electrons. The maximum absolute atomic E-state index is 14.3. The summed E-state index contributed by atoms with van der Waals surface area (Å²) < 4.78 is 29.0. The van der Waals surface area contributed by atoms with E-state index >= 15 is 0 Å². The summed E-state index contributed by atoms with van der Waals surface area (Å²) in [5.74, 6) is -3.45. The van der Waals surface area contributed by atoms with Crippen LogP contribution in [0.4, 0.5) is 19.3 Å². The Hall–Kier alpha value is -2.92. The summed E-state index contributed by atoms with van der Waals surface area (Å²) in [5, 5.41) is 23.9. The van der Waals surface area contributed by atoms with Crippen molar-refractivity contribution in [3.63, 3.8) is 0 Å². The Morgan fingerprint density at radius 3 is 2.54 bits per heavy atom. The van der Waals surface area contributed by atoms with Crippen molar-refractivity contribution in [2.24, 2.45) is 7.05 Å². The van der Waals surface area contributed by atoms with Crippen molar-refractivity contribution in [2.75, 3.05) is 5.32 Å². The van der Waals surface area contributed by atoms with Crippen LogP contribution >= 0.6 is 11.6 Å². The molecule has 35 heavy (non-hydrogen) atoms. The first kappa shape index (κ1) is 28.3. The van der Waals surface area contributed by atoms with E-state index in [2.05, 4.69) is 10.6 Å². The number of carbonyl (C=O) groups excluding carboxylic acids is 1. The summed E-state index contributed by atoms with van der Waals surface area (Å²) in [6, 6.07) is 5.69. The molecule has 1 heterocycles. The van der Waals surface area contributed by atoms with Gasteiger partial charge in [0, 0.05) is 30.4 Å². The number of nitrogens with zero attached hydrogens (tertiary/aromatic N) is 1. The molecule has 1 unspecified atom stereocenters. The van der Waals surface area contributed by atoms with E-state index in [0.717, 1.165) is 6.07 Å². The molecule has 0 aliphatic rings. The van der Waals surface area contributed by atoms with Gasteiger partial charge < -0.3 is 26.8 Å². The normalized spacial score (nSPS) is 11.3. The van der Waals surface area contributed by atoms with Gasteiger partial charge in [0.2, 0.25) is 0 Å². The Balaban J connectivity index is 0.00000324. The number of amides is 2. The van der Waals surface area contributed by atoms with Gasteiger partial charge in [-0.25, -0.2) is 13.6 Å². The number of aromatic hydroxyl groups is 1. The Bertz CT molecular complexity index is 1360. The van der Waals surface area contributed by atoms with Crippen LogP contribution in [0, 0.1) is 18.6 Å². The SMILES string of the molecule is Cc1cn(C)c(=O)c(NC(=O)NC(CC(=O)O)c2cccc(-c3cc(Cl)c(F)cc3F)c2)c1O.[H-].[Na+]. The largest absolute Gasteiger partial charge is 1.00 e. The molecule has 0 aliphatic carbocycles. The van der Waals surface area contributed by atoms with Crippen LogP contribution in [0.15, 0.2) is 47.4 Å². The van der Waals surface area contributed by atoms with Crippen molar-refractivity contribution < 1.29 is 59.6 Å². The van der Waals surface area contributed by atoms with Gasteiger partial charge in [0.05, 0.1) is 17.5 Å². The van der Waals surface area contributed by atoms with Gasteiger partial charge in [-0.2, -0.15) is 0 Å². The number of aromatic nitrogens is 1. The minimum atomic E-state index is -1.24. The van der Waals surface area contributed by atoms with E-state index in [9.17, 15) is 33.4 Å². The minimum Gasteiger partial charge on any atom is -1.00 e. The number of anilines is 1. The van der Waals surface area contributed by atoms with Crippen molar-refractivity contribution in [3.8, 4) is 16.9 Å². The van der Waals surface area contributed by atoms with Gasteiger partial charge in [-0.05, 0) is 30.2 Å². The molecule has 2 amide bonds. The molecule has 0 radical (unpaired) electrons. The molecule has 1 atom stereocenters. The fourth-order valence-electron chi connectivity index (χ4n) is 3.40. The van der Waals surface area contributed by atoms with Gasteiger partial charge in [-0.3, -0.25) is 9.59 Å². The predicted molar refractivity (Wildman–Crippen MR) is 123 cm³/mol. The van der Waals surface area contributed by atoms with Crippen LogP contribution in [0.3, 0.4) is 0 Å². The molecule has 0 bridgehead atoms. The van der Waals surface area contributed by atoms with Gasteiger partial charge in [-0.15, -0.1) is 0 Å². The third-order valence-electron chi connectivity index (χ3n) is 5.06. The second-order valence-corrected chi connectivity index (χ2v) is 7.98. The van der Waals surface area contributed by atoms with Gasteiger partial charge in [0.15, 0.2) is 5.69 Å². The predicted octanol–water partition coefficient (Wildman–Crippen LogP) is 1.45. The molecule has 3 aromatic rings. The maximum atomic E-state index is 14.3. The smallest absolute Gasteiger partial charge is 1.00 e. The molecule has 1 aromatic heterocycles. The molecule has 2 aromatic carbocycles. The minimum absolute atomic E-state index is 0. The molecule has 3 rings (SSSR count). The number of urea groups is 1. The molecule has 0 aliphatic heterocycles. The number of hydrogen-bond donors (Lipinski definition) is 4. The van der Waals surface area contributed by atoms with E-state index in [0.29, 0.717) is 17.2 Å². The maximum Gasteiger partial charge on any atom is 1.00 e. The van der Waals surface area contributed by atoms with E-state index in [1.54, 1.807) is 0 Å². The topological polar surface area (TPSA) is 121 Å². The summed E-state index contributed by atoms with van der Waals surface area (Å²) in [4.78, 5) is 36.3. The van der Waals surface area contributed by atoms with Gasteiger partial charge in [-0.1, -0.05) is 29.8 Å². The number of pyridine rings is 1. The summed E-state index contributed by atoms with van der Waals surface area (Å²) in [5.41, 5.74) is -0.132. The number of carboxylic acid groups (broad SMARTS) is 1. The number of benzene rings is 2. The van der Waals surface area contributed by atoms with E-state index in [4.69, 9.17) is 11.6 Å². The molecular weight excluding hydrogens is 495 g/mol. The number of hydrogen-bond acceptors (Lipinski definition) is 4. The van der Waals surface area contributed by atoms with Crippen molar-refractivity contribution in [1.82, 2.24) is 9.88 Å². The third-order valence-corrected chi connectivity index (χ3v) is 5.35. The molecule has 12 heteroatoms. The number of aliphatic carboxylic acids is 1. The van der Waals surface area contributed by atoms with Gasteiger partial charge in [0.1, 0.15) is 17.4 Å². The van der Waals surface area contributed by atoms with E-state index in [1.165, 1.54) is 49.0 Å². The Morgan fingerprint density at radius 2 is 1.89 bits per heavy atom. The van der Waals surface area contributed by atoms with Crippen molar-refractivity contribution in [2.45, 2.75) is 19.4 Å². The van der Waals surface area contributed by atoms with Crippen LogP contribution in [0.1, 0.15) is 25.0 Å². The van der Waals surface area contributed by atoms with E-state index in [-0.39, 0.29) is 52.8 Å². The van der Waals surface area contributed by atoms with Crippen molar-refractivity contribution >= 4 is 29.3 Å². The zero-order chi connectivity index (χ0) is 25.2. The van der Waals surface area contributed by atoms with Gasteiger partial charge >= 0.3 is 41.6 Å².